The molecule has 4 nitrogen and oxygen atoms in total. The molecule has 86 valence electrons. The molecule has 1 heterocycles. The van der Waals surface area contributed by atoms with Gasteiger partial charge in [0.05, 0.1) is 24.3 Å². The van der Waals surface area contributed by atoms with Crippen LogP contribution in [0.2, 0.25) is 5.02 Å². The van der Waals surface area contributed by atoms with Crippen LogP contribution in [0.25, 0.3) is 0 Å². The zero-order valence-electron chi connectivity index (χ0n) is 8.83. The number of hydrogen-bond donors (Lipinski definition) is 1. The third-order valence-corrected chi connectivity index (χ3v) is 2.85. The molecule has 0 bridgehead atoms. The summed E-state index contributed by atoms with van der Waals surface area (Å²) in [5.74, 6) is 0.149. The number of esters is 1. The zero-order valence-corrected chi connectivity index (χ0v) is 9.58. The Morgan fingerprint density at radius 2 is 2.38 bits per heavy atom. The summed E-state index contributed by atoms with van der Waals surface area (Å²) in [4.78, 5) is 11.4. The standard InChI is InChI=1S/C11H12ClNO3/c1-15-11(14)6-4-7-9(13)2-3-16-10(7)8(12)5-6/h4-5,9H,2-3,13H2,1H3. The van der Waals surface area contributed by atoms with E-state index in [-0.39, 0.29) is 6.04 Å². The van der Waals surface area contributed by atoms with Gasteiger partial charge in [0.1, 0.15) is 5.75 Å². The molecule has 1 aliphatic rings. The first-order chi connectivity index (χ1) is 7.63. The minimum atomic E-state index is -0.428. The highest BCUT2D eigenvalue weighted by atomic mass is 35.5. The molecule has 0 spiro atoms. The van der Waals surface area contributed by atoms with Crippen molar-refractivity contribution in [2.24, 2.45) is 5.73 Å². The molecule has 1 aromatic carbocycles. The Kier molecular flexibility index (Phi) is 3.03. The fourth-order valence-electron chi connectivity index (χ4n) is 1.72. The maximum atomic E-state index is 11.4. The normalized spacial score (nSPS) is 18.6. The topological polar surface area (TPSA) is 61.5 Å². The van der Waals surface area contributed by atoms with Gasteiger partial charge in [-0.25, -0.2) is 4.79 Å². The molecule has 0 saturated carbocycles. The quantitative estimate of drug-likeness (QED) is 0.763. The molecular weight excluding hydrogens is 230 g/mol. The first-order valence-corrected chi connectivity index (χ1v) is 5.31. The van der Waals surface area contributed by atoms with E-state index in [0.29, 0.717) is 29.4 Å². The van der Waals surface area contributed by atoms with Crippen LogP contribution in [0.5, 0.6) is 5.75 Å². The number of ether oxygens (including phenoxy) is 2. The molecule has 0 saturated heterocycles. The largest absolute Gasteiger partial charge is 0.492 e. The number of carbonyl (C=O) groups excluding carboxylic acids is 1. The summed E-state index contributed by atoms with van der Waals surface area (Å²) in [6.07, 6.45) is 0.716. The Bertz CT molecular complexity index is 433. The second kappa shape index (κ2) is 4.31. The van der Waals surface area contributed by atoms with Crippen molar-refractivity contribution in [1.82, 2.24) is 0 Å². The summed E-state index contributed by atoms with van der Waals surface area (Å²) < 4.78 is 10.1. The molecule has 1 atom stereocenters. The molecule has 2 rings (SSSR count). The van der Waals surface area contributed by atoms with Gasteiger partial charge in [-0.2, -0.15) is 0 Å². The van der Waals surface area contributed by atoms with Crippen LogP contribution in [0.4, 0.5) is 0 Å². The lowest BCUT2D eigenvalue weighted by molar-refractivity contribution is 0.0600. The maximum Gasteiger partial charge on any atom is 0.337 e. The number of methoxy groups -OCH3 is 1. The van der Waals surface area contributed by atoms with Crippen molar-refractivity contribution in [3.8, 4) is 5.75 Å². The van der Waals surface area contributed by atoms with Crippen molar-refractivity contribution in [3.63, 3.8) is 0 Å². The van der Waals surface area contributed by atoms with Crippen molar-refractivity contribution < 1.29 is 14.3 Å². The van der Waals surface area contributed by atoms with E-state index in [9.17, 15) is 4.79 Å². The Morgan fingerprint density at radius 3 is 3.06 bits per heavy atom. The maximum absolute atomic E-state index is 11.4. The fourth-order valence-corrected chi connectivity index (χ4v) is 2.00. The first kappa shape index (κ1) is 11.2. The van der Waals surface area contributed by atoms with Crippen LogP contribution < -0.4 is 10.5 Å². The molecule has 0 aliphatic carbocycles. The van der Waals surface area contributed by atoms with E-state index in [1.54, 1.807) is 6.07 Å². The van der Waals surface area contributed by atoms with Gasteiger partial charge in [-0.05, 0) is 12.1 Å². The van der Waals surface area contributed by atoms with E-state index < -0.39 is 5.97 Å². The average molecular weight is 242 g/mol. The fraction of sp³-hybridized carbons (Fsp3) is 0.364. The number of halogens is 1. The third kappa shape index (κ3) is 1.86. The van der Waals surface area contributed by atoms with Crippen LogP contribution in [-0.2, 0) is 4.74 Å². The highest BCUT2D eigenvalue weighted by Gasteiger charge is 2.23. The Labute approximate surface area is 98.3 Å². The molecule has 0 aromatic heterocycles. The molecule has 5 heteroatoms. The van der Waals surface area contributed by atoms with Gasteiger partial charge in [0.25, 0.3) is 0 Å². The lowest BCUT2D eigenvalue weighted by Crippen LogP contribution is -2.21. The summed E-state index contributed by atoms with van der Waals surface area (Å²) in [6.45, 7) is 0.547. The Balaban J connectivity index is 2.50. The van der Waals surface area contributed by atoms with Gasteiger partial charge in [0.2, 0.25) is 0 Å². The molecule has 1 aromatic rings. The number of rotatable bonds is 1. The van der Waals surface area contributed by atoms with Crippen LogP contribution in [0, 0.1) is 0 Å². The summed E-state index contributed by atoms with van der Waals surface area (Å²) in [7, 11) is 1.33. The average Bonchev–Trinajstić information content (AvgIpc) is 2.29. The number of nitrogens with two attached hydrogens (primary N) is 1. The van der Waals surface area contributed by atoms with Crippen LogP contribution in [-0.4, -0.2) is 19.7 Å². The lowest BCUT2D eigenvalue weighted by atomic mass is 9.99. The second-order valence-corrected chi connectivity index (χ2v) is 4.02. The van der Waals surface area contributed by atoms with Crippen molar-refractivity contribution in [2.45, 2.75) is 12.5 Å². The summed E-state index contributed by atoms with van der Waals surface area (Å²) in [5.41, 5.74) is 7.09. The van der Waals surface area contributed by atoms with Crippen molar-refractivity contribution in [3.05, 3.63) is 28.3 Å². The Morgan fingerprint density at radius 1 is 1.62 bits per heavy atom. The molecule has 1 unspecified atom stereocenters. The summed E-state index contributed by atoms with van der Waals surface area (Å²) >= 11 is 6.03. The van der Waals surface area contributed by atoms with E-state index in [0.717, 1.165) is 5.56 Å². The van der Waals surface area contributed by atoms with Crippen LogP contribution in [0.3, 0.4) is 0 Å². The summed E-state index contributed by atoms with van der Waals surface area (Å²) in [6, 6.07) is 3.06. The lowest BCUT2D eigenvalue weighted by Gasteiger charge is -2.24. The Hall–Kier alpha value is -1.26. The van der Waals surface area contributed by atoms with Crippen molar-refractivity contribution in [2.75, 3.05) is 13.7 Å². The SMILES string of the molecule is COC(=O)c1cc(Cl)c2c(c1)C(N)CCO2. The smallest absolute Gasteiger partial charge is 0.337 e. The predicted octanol–water partition coefficient (Wildman–Crippen LogP) is 1.91. The van der Waals surface area contributed by atoms with E-state index in [2.05, 4.69) is 4.74 Å². The van der Waals surface area contributed by atoms with Crippen LogP contribution >= 0.6 is 11.6 Å². The van der Waals surface area contributed by atoms with Gasteiger partial charge >= 0.3 is 5.97 Å². The number of carbonyl (C=O) groups is 1. The molecule has 0 radical (unpaired) electrons. The predicted molar refractivity (Wildman–Crippen MR) is 59.8 cm³/mol. The summed E-state index contributed by atoms with van der Waals surface area (Å²) in [5, 5.41) is 0.396. The van der Waals surface area contributed by atoms with Gasteiger partial charge in [-0.15, -0.1) is 0 Å². The van der Waals surface area contributed by atoms with Crippen molar-refractivity contribution >= 4 is 17.6 Å². The third-order valence-electron chi connectivity index (χ3n) is 2.57. The van der Waals surface area contributed by atoms with E-state index in [1.165, 1.54) is 13.2 Å². The molecule has 2 N–H and O–H groups in total. The monoisotopic (exact) mass is 241 g/mol. The van der Waals surface area contributed by atoms with Crippen molar-refractivity contribution in [1.29, 1.82) is 0 Å². The first-order valence-electron chi connectivity index (χ1n) is 4.93. The number of fused-ring (bicyclic) bond motifs is 1. The number of benzene rings is 1. The van der Waals surface area contributed by atoms with Crippen LogP contribution in [0.15, 0.2) is 12.1 Å². The minimum absolute atomic E-state index is 0.147. The van der Waals surface area contributed by atoms with Crippen LogP contribution in [0.1, 0.15) is 28.4 Å². The van der Waals surface area contributed by atoms with Gasteiger partial charge in [0, 0.05) is 18.0 Å². The molecule has 1 aliphatic heterocycles. The van der Waals surface area contributed by atoms with Gasteiger partial charge in [-0.3, -0.25) is 0 Å². The highest BCUT2D eigenvalue weighted by molar-refractivity contribution is 6.32. The molecule has 16 heavy (non-hydrogen) atoms. The van der Waals surface area contributed by atoms with Gasteiger partial charge < -0.3 is 15.2 Å². The van der Waals surface area contributed by atoms with Gasteiger partial charge in [-0.1, -0.05) is 11.6 Å². The number of hydrogen-bond acceptors (Lipinski definition) is 4. The van der Waals surface area contributed by atoms with E-state index in [1.807, 2.05) is 0 Å². The molecular formula is C11H12ClNO3. The van der Waals surface area contributed by atoms with Gasteiger partial charge in [0.15, 0.2) is 0 Å². The zero-order chi connectivity index (χ0) is 11.7. The molecule has 0 fully saturated rings. The highest BCUT2D eigenvalue weighted by Crippen LogP contribution is 2.37. The van der Waals surface area contributed by atoms with E-state index in [4.69, 9.17) is 22.1 Å². The minimum Gasteiger partial charge on any atom is -0.492 e. The molecule has 0 amide bonds. The second-order valence-electron chi connectivity index (χ2n) is 3.61. The van der Waals surface area contributed by atoms with E-state index >= 15 is 0 Å².